The van der Waals surface area contributed by atoms with E-state index >= 15 is 0 Å². The fourth-order valence-corrected chi connectivity index (χ4v) is 3.23. The van der Waals surface area contributed by atoms with E-state index in [-0.39, 0.29) is 0 Å². The van der Waals surface area contributed by atoms with Crippen LogP contribution in [0.2, 0.25) is 0 Å². The molecule has 0 atom stereocenters. The average molecular weight is 354 g/mol. The molecular weight excluding hydrogens is 336 g/mol. The van der Waals surface area contributed by atoms with Gasteiger partial charge in [0.1, 0.15) is 0 Å². The summed E-state index contributed by atoms with van der Waals surface area (Å²) >= 11 is 0. The molecule has 0 aromatic heterocycles. The number of hydrogen-bond donors (Lipinski definition) is 0. The Balaban J connectivity index is 1.55. The van der Waals surface area contributed by atoms with E-state index in [4.69, 9.17) is 12.8 Å². The topological polar surface area (TPSA) is 0 Å². The molecule has 4 aromatic rings. The molecule has 28 heavy (non-hydrogen) atoms. The first-order valence-electron chi connectivity index (χ1n) is 9.11. The molecular formula is C28H18. The summed E-state index contributed by atoms with van der Waals surface area (Å²) in [6, 6.07) is 33.3. The predicted molar refractivity (Wildman–Crippen MR) is 119 cm³/mol. The van der Waals surface area contributed by atoms with Crippen molar-refractivity contribution in [2.75, 3.05) is 0 Å². The molecule has 0 spiro atoms. The number of terminal acetylenes is 2. The van der Waals surface area contributed by atoms with Gasteiger partial charge in [0.15, 0.2) is 0 Å². The van der Waals surface area contributed by atoms with Gasteiger partial charge in [-0.05, 0) is 57.6 Å². The van der Waals surface area contributed by atoms with Gasteiger partial charge in [-0.15, -0.1) is 12.8 Å². The van der Waals surface area contributed by atoms with Crippen LogP contribution in [-0.4, -0.2) is 0 Å². The first-order chi connectivity index (χ1) is 13.8. The van der Waals surface area contributed by atoms with Gasteiger partial charge < -0.3 is 0 Å². The van der Waals surface area contributed by atoms with Crippen LogP contribution in [0.1, 0.15) is 11.1 Å². The third kappa shape index (κ3) is 3.59. The van der Waals surface area contributed by atoms with Crippen LogP contribution >= 0.6 is 0 Å². The molecule has 0 radical (unpaired) electrons. The molecule has 0 N–H and O–H groups in total. The first-order valence-corrected chi connectivity index (χ1v) is 9.11. The van der Waals surface area contributed by atoms with Gasteiger partial charge in [0, 0.05) is 11.1 Å². The van der Waals surface area contributed by atoms with Crippen LogP contribution in [0.3, 0.4) is 0 Å². The summed E-state index contributed by atoms with van der Waals surface area (Å²) in [7, 11) is 0. The van der Waals surface area contributed by atoms with Crippen molar-refractivity contribution in [2.45, 2.75) is 0 Å². The van der Waals surface area contributed by atoms with E-state index in [0.29, 0.717) is 0 Å². The standard InChI is InChI=1S/C28H18/c1-3-21-5-9-23(10-6-21)25-13-17-27(18-14-25)28-19-15-26(16-20-28)24-11-7-22(4-2)8-12-24/h1-2,5-20H. The second kappa shape index (κ2) is 7.71. The van der Waals surface area contributed by atoms with Gasteiger partial charge in [-0.3, -0.25) is 0 Å². The largest absolute Gasteiger partial charge is 0.115 e. The zero-order valence-electron chi connectivity index (χ0n) is 15.4. The number of benzene rings is 4. The maximum Gasteiger partial charge on any atom is 0.0243 e. The van der Waals surface area contributed by atoms with E-state index in [1.165, 1.54) is 22.3 Å². The van der Waals surface area contributed by atoms with Crippen LogP contribution in [0.5, 0.6) is 0 Å². The minimum absolute atomic E-state index is 0.898. The first kappa shape index (κ1) is 17.4. The van der Waals surface area contributed by atoms with Gasteiger partial charge >= 0.3 is 0 Å². The Labute approximate surface area is 166 Å². The molecule has 0 nitrogen and oxygen atoms in total. The third-order valence-corrected chi connectivity index (χ3v) is 4.87. The van der Waals surface area contributed by atoms with E-state index in [1.54, 1.807) is 0 Å². The van der Waals surface area contributed by atoms with E-state index in [1.807, 2.05) is 24.3 Å². The summed E-state index contributed by atoms with van der Waals surface area (Å²) < 4.78 is 0. The highest BCUT2D eigenvalue weighted by atomic mass is 14.1. The summed E-state index contributed by atoms with van der Waals surface area (Å²) in [5.74, 6) is 5.30. The lowest BCUT2D eigenvalue weighted by molar-refractivity contribution is 1.56. The summed E-state index contributed by atoms with van der Waals surface area (Å²) in [4.78, 5) is 0. The monoisotopic (exact) mass is 354 g/mol. The molecule has 130 valence electrons. The van der Waals surface area contributed by atoms with Crippen molar-refractivity contribution in [1.29, 1.82) is 0 Å². The van der Waals surface area contributed by atoms with E-state index < -0.39 is 0 Å². The van der Waals surface area contributed by atoms with Crippen LogP contribution in [-0.2, 0) is 0 Å². The van der Waals surface area contributed by atoms with Crippen molar-refractivity contribution < 1.29 is 0 Å². The molecule has 4 aromatic carbocycles. The van der Waals surface area contributed by atoms with E-state index in [2.05, 4.69) is 84.6 Å². The molecule has 0 aliphatic heterocycles. The van der Waals surface area contributed by atoms with Gasteiger partial charge in [-0.25, -0.2) is 0 Å². The number of hydrogen-bond acceptors (Lipinski definition) is 0. The van der Waals surface area contributed by atoms with Crippen molar-refractivity contribution in [3.8, 4) is 58.1 Å². The second-order valence-electron chi connectivity index (χ2n) is 6.60. The Morgan fingerprint density at radius 3 is 0.679 bits per heavy atom. The van der Waals surface area contributed by atoms with Gasteiger partial charge in [0.2, 0.25) is 0 Å². The Morgan fingerprint density at radius 1 is 0.321 bits per heavy atom. The highest BCUT2D eigenvalue weighted by Crippen LogP contribution is 2.27. The summed E-state index contributed by atoms with van der Waals surface area (Å²) in [6.07, 6.45) is 10.9. The van der Waals surface area contributed by atoms with Gasteiger partial charge in [0.05, 0.1) is 0 Å². The van der Waals surface area contributed by atoms with E-state index in [9.17, 15) is 0 Å². The predicted octanol–water partition coefficient (Wildman–Crippen LogP) is 6.65. The molecule has 0 bridgehead atoms. The lowest BCUT2D eigenvalue weighted by Gasteiger charge is -2.07. The van der Waals surface area contributed by atoms with Gasteiger partial charge in [-0.1, -0.05) is 84.6 Å². The maximum absolute atomic E-state index is 5.43. The lowest BCUT2D eigenvalue weighted by atomic mass is 9.97. The van der Waals surface area contributed by atoms with Gasteiger partial charge in [-0.2, -0.15) is 0 Å². The van der Waals surface area contributed by atoms with Crippen molar-refractivity contribution in [2.24, 2.45) is 0 Å². The van der Waals surface area contributed by atoms with E-state index in [0.717, 1.165) is 22.3 Å². The molecule has 0 heterocycles. The quantitative estimate of drug-likeness (QED) is 0.361. The zero-order valence-corrected chi connectivity index (χ0v) is 15.4. The van der Waals surface area contributed by atoms with Crippen LogP contribution < -0.4 is 0 Å². The third-order valence-electron chi connectivity index (χ3n) is 4.87. The van der Waals surface area contributed by atoms with Crippen molar-refractivity contribution in [3.63, 3.8) is 0 Å². The highest BCUT2D eigenvalue weighted by molar-refractivity contribution is 5.73. The minimum Gasteiger partial charge on any atom is -0.115 e. The van der Waals surface area contributed by atoms with Crippen molar-refractivity contribution >= 4 is 0 Å². The molecule has 4 rings (SSSR count). The normalized spacial score (nSPS) is 10.1. The highest BCUT2D eigenvalue weighted by Gasteiger charge is 2.02. The van der Waals surface area contributed by atoms with Gasteiger partial charge in [0.25, 0.3) is 0 Å². The van der Waals surface area contributed by atoms with Crippen LogP contribution in [0.4, 0.5) is 0 Å². The molecule has 0 saturated heterocycles. The number of rotatable bonds is 3. The molecule has 0 saturated carbocycles. The molecule has 0 heteroatoms. The molecule has 0 aliphatic carbocycles. The minimum atomic E-state index is 0.898. The maximum atomic E-state index is 5.43. The molecule has 0 unspecified atom stereocenters. The Morgan fingerprint density at radius 2 is 0.500 bits per heavy atom. The van der Waals surface area contributed by atoms with Crippen molar-refractivity contribution in [3.05, 3.63) is 108 Å². The zero-order chi connectivity index (χ0) is 19.3. The van der Waals surface area contributed by atoms with Crippen molar-refractivity contribution in [1.82, 2.24) is 0 Å². The van der Waals surface area contributed by atoms with Crippen LogP contribution in [0, 0.1) is 24.7 Å². The second-order valence-corrected chi connectivity index (χ2v) is 6.60. The Hall–Kier alpha value is -4.00. The summed E-state index contributed by atoms with van der Waals surface area (Å²) in [6.45, 7) is 0. The molecule has 0 fully saturated rings. The van der Waals surface area contributed by atoms with Crippen LogP contribution in [0.25, 0.3) is 33.4 Å². The summed E-state index contributed by atoms with van der Waals surface area (Å²) in [5, 5.41) is 0. The fourth-order valence-electron chi connectivity index (χ4n) is 3.23. The average Bonchev–Trinajstić information content (AvgIpc) is 2.79. The molecule has 0 amide bonds. The SMILES string of the molecule is C#Cc1ccc(-c2ccc(-c3ccc(-c4ccc(C#C)cc4)cc3)cc2)cc1. The van der Waals surface area contributed by atoms with Crippen LogP contribution in [0.15, 0.2) is 97.1 Å². The fraction of sp³-hybridized carbons (Fsp3) is 0. The lowest BCUT2D eigenvalue weighted by Crippen LogP contribution is -1.83. The Kier molecular flexibility index (Phi) is 4.79. The Bertz CT molecular complexity index is 1060. The molecule has 0 aliphatic rings. The summed E-state index contributed by atoms with van der Waals surface area (Å²) in [5.41, 5.74) is 8.86. The smallest absolute Gasteiger partial charge is 0.0243 e.